The summed E-state index contributed by atoms with van der Waals surface area (Å²) in [7, 11) is 0. The lowest BCUT2D eigenvalue weighted by Gasteiger charge is -2.02. The van der Waals surface area contributed by atoms with Gasteiger partial charge in [0.25, 0.3) is 0 Å². The maximum atomic E-state index is 10.9. The van der Waals surface area contributed by atoms with E-state index in [1.807, 2.05) is 6.07 Å². The molecule has 0 bridgehead atoms. The molecule has 2 rings (SSSR count). The third-order valence-electron chi connectivity index (χ3n) is 2.43. The molecule has 0 unspecified atom stereocenters. The van der Waals surface area contributed by atoms with Crippen LogP contribution in [0.25, 0.3) is 0 Å². The molecule has 2 aromatic rings. The molecule has 0 amide bonds. The summed E-state index contributed by atoms with van der Waals surface area (Å²) >= 11 is 3.42. The smallest absolute Gasteiger partial charge is 0.247 e. The molecular formula is C13H12BrNO. The summed E-state index contributed by atoms with van der Waals surface area (Å²) in [5.41, 5.74) is 3.58. The maximum Gasteiger partial charge on any atom is 0.247 e. The summed E-state index contributed by atoms with van der Waals surface area (Å²) in [6, 6.07) is 11.9. The van der Waals surface area contributed by atoms with Crippen LogP contribution in [-0.4, -0.2) is 4.98 Å². The molecule has 16 heavy (non-hydrogen) atoms. The molecule has 0 atom stereocenters. The summed E-state index contributed by atoms with van der Waals surface area (Å²) in [5, 5.41) is 0.881. The van der Waals surface area contributed by atoms with Gasteiger partial charge < -0.3 is 4.98 Å². The fourth-order valence-corrected chi connectivity index (χ4v) is 1.91. The van der Waals surface area contributed by atoms with Gasteiger partial charge in [0.05, 0.1) is 0 Å². The number of pyridine rings is 1. The predicted octanol–water partition coefficient (Wildman–Crippen LogP) is 2.86. The predicted molar refractivity (Wildman–Crippen MR) is 68.9 cm³/mol. The topological polar surface area (TPSA) is 32.9 Å². The molecule has 1 aromatic heterocycles. The third-order valence-corrected chi connectivity index (χ3v) is 3.08. The van der Waals surface area contributed by atoms with Gasteiger partial charge in [0.1, 0.15) is 0 Å². The Labute approximate surface area is 102 Å². The van der Waals surface area contributed by atoms with Gasteiger partial charge in [-0.05, 0) is 23.1 Å². The molecule has 0 saturated heterocycles. The summed E-state index contributed by atoms with van der Waals surface area (Å²) in [6.45, 7) is 0. The molecule has 0 fully saturated rings. The van der Waals surface area contributed by atoms with Crippen molar-refractivity contribution in [1.29, 1.82) is 0 Å². The molecule has 0 aliphatic rings. The standard InChI is InChI=1S/C13H12BrNO/c14-8-11-3-1-10(2-4-11)7-12-5-6-13(16)15-9-12/h1-6,9H,7-8H2,(H,15,16). The van der Waals surface area contributed by atoms with Crippen molar-refractivity contribution < 1.29 is 0 Å². The molecule has 1 aromatic carbocycles. The van der Waals surface area contributed by atoms with E-state index in [0.717, 1.165) is 17.3 Å². The number of H-pyrrole nitrogens is 1. The molecule has 1 N–H and O–H groups in total. The van der Waals surface area contributed by atoms with Crippen LogP contribution >= 0.6 is 15.9 Å². The quantitative estimate of drug-likeness (QED) is 0.860. The lowest BCUT2D eigenvalue weighted by atomic mass is 10.1. The first-order valence-corrected chi connectivity index (χ1v) is 6.21. The molecular weight excluding hydrogens is 266 g/mol. The number of hydrogen-bond acceptors (Lipinski definition) is 1. The number of aromatic nitrogens is 1. The van der Waals surface area contributed by atoms with E-state index >= 15 is 0 Å². The first-order chi connectivity index (χ1) is 7.78. The van der Waals surface area contributed by atoms with Gasteiger partial charge in [-0.25, -0.2) is 0 Å². The van der Waals surface area contributed by atoms with Crippen molar-refractivity contribution in [2.75, 3.05) is 0 Å². The molecule has 0 radical (unpaired) electrons. The summed E-state index contributed by atoms with van der Waals surface area (Å²) in [5.74, 6) is 0. The van der Waals surface area contributed by atoms with Gasteiger partial charge >= 0.3 is 0 Å². The van der Waals surface area contributed by atoms with Crippen LogP contribution in [0.3, 0.4) is 0 Å². The van der Waals surface area contributed by atoms with Crippen LogP contribution in [0.15, 0.2) is 47.4 Å². The minimum Gasteiger partial charge on any atom is -0.329 e. The molecule has 0 aliphatic heterocycles. The Hall–Kier alpha value is -1.35. The summed E-state index contributed by atoms with van der Waals surface area (Å²) < 4.78 is 0. The van der Waals surface area contributed by atoms with Crippen molar-refractivity contribution in [3.05, 3.63) is 69.6 Å². The fraction of sp³-hybridized carbons (Fsp3) is 0.154. The average molecular weight is 278 g/mol. The minimum absolute atomic E-state index is 0.0570. The van der Waals surface area contributed by atoms with E-state index in [0.29, 0.717) is 0 Å². The Balaban J connectivity index is 2.14. The lowest BCUT2D eigenvalue weighted by molar-refractivity contribution is 1.12. The molecule has 0 saturated carbocycles. The van der Waals surface area contributed by atoms with Gasteiger partial charge in [0.2, 0.25) is 5.56 Å². The molecule has 3 heteroatoms. The Morgan fingerprint density at radius 1 is 0.938 bits per heavy atom. The lowest BCUT2D eigenvalue weighted by Crippen LogP contribution is -2.03. The van der Waals surface area contributed by atoms with E-state index in [9.17, 15) is 4.79 Å². The number of aromatic amines is 1. The first kappa shape index (κ1) is 11.1. The van der Waals surface area contributed by atoms with Crippen LogP contribution in [0, 0.1) is 0 Å². The van der Waals surface area contributed by atoms with Crippen LogP contribution in [0.4, 0.5) is 0 Å². The van der Waals surface area contributed by atoms with E-state index in [1.54, 1.807) is 12.3 Å². The largest absolute Gasteiger partial charge is 0.329 e. The van der Waals surface area contributed by atoms with Crippen molar-refractivity contribution in [3.8, 4) is 0 Å². The molecule has 82 valence electrons. The SMILES string of the molecule is O=c1ccc(Cc2ccc(CBr)cc2)c[nH]1. The van der Waals surface area contributed by atoms with Gasteiger partial charge in [0, 0.05) is 17.6 Å². The third kappa shape index (κ3) is 2.83. The van der Waals surface area contributed by atoms with Crippen molar-refractivity contribution in [3.63, 3.8) is 0 Å². The number of rotatable bonds is 3. The van der Waals surface area contributed by atoms with E-state index in [4.69, 9.17) is 0 Å². The maximum absolute atomic E-state index is 10.9. The summed E-state index contributed by atoms with van der Waals surface area (Å²) in [6.07, 6.45) is 2.61. The van der Waals surface area contributed by atoms with Crippen LogP contribution in [-0.2, 0) is 11.8 Å². The second kappa shape index (κ2) is 5.12. The van der Waals surface area contributed by atoms with Crippen LogP contribution in [0.5, 0.6) is 0 Å². The average Bonchev–Trinajstić information content (AvgIpc) is 2.33. The molecule has 0 aliphatic carbocycles. The van der Waals surface area contributed by atoms with Gasteiger partial charge in [-0.1, -0.05) is 46.3 Å². The van der Waals surface area contributed by atoms with Crippen LogP contribution in [0.2, 0.25) is 0 Å². The Kier molecular flexibility index (Phi) is 3.57. The number of alkyl halides is 1. The molecule has 1 heterocycles. The highest BCUT2D eigenvalue weighted by Gasteiger charge is 1.97. The Morgan fingerprint density at radius 3 is 2.12 bits per heavy atom. The Morgan fingerprint density at radius 2 is 1.56 bits per heavy atom. The number of hydrogen-bond donors (Lipinski definition) is 1. The molecule has 0 spiro atoms. The van der Waals surface area contributed by atoms with Crippen molar-refractivity contribution in [2.45, 2.75) is 11.8 Å². The first-order valence-electron chi connectivity index (χ1n) is 5.09. The van der Waals surface area contributed by atoms with Gasteiger partial charge in [-0.15, -0.1) is 0 Å². The molecule has 2 nitrogen and oxygen atoms in total. The monoisotopic (exact) mass is 277 g/mol. The van der Waals surface area contributed by atoms with Gasteiger partial charge in [-0.2, -0.15) is 0 Å². The highest BCUT2D eigenvalue weighted by Crippen LogP contribution is 2.11. The van der Waals surface area contributed by atoms with Gasteiger partial charge in [0.15, 0.2) is 0 Å². The van der Waals surface area contributed by atoms with E-state index < -0.39 is 0 Å². The second-order valence-corrected chi connectivity index (χ2v) is 4.25. The van der Waals surface area contributed by atoms with Crippen molar-refractivity contribution in [1.82, 2.24) is 4.98 Å². The van der Waals surface area contributed by atoms with E-state index in [-0.39, 0.29) is 5.56 Å². The summed E-state index contributed by atoms with van der Waals surface area (Å²) in [4.78, 5) is 13.6. The number of benzene rings is 1. The number of halogens is 1. The van der Waals surface area contributed by atoms with E-state index in [2.05, 4.69) is 45.2 Å². The van der Waals surface area contributed by atoms with Crippen LogP contribution in [0.1, 0.15) is 16.7 Å². The Bertz CT molecular complexity index is 496. The van der Waals surface area contributed by atoms with Crippen molar-refractivity contribution in [2.24, 2.45) is 0 Å². The van der Waals surface area contributed by atoms with Crippen molar-refractivity contribution >= 4 is 15.9 Å². The van der Waals surface area contributed by atoms with Crippen LogP contribution < -0.4 is 5.56 Å². The number of nitrogens with one attached hydrogen (secondary N) is 1. The second-order valence-electron chi connectivity index (χ2n) is 3.69. The zero-order valence-electron chi connectivity index (χ0n) is 8.74. The zero-order valence-corrected chi connectivity index (χ0v) is 10.3. The van der Waals surface area contributed by atoms with E-state index in [1.165, 1.54) is 11.1 Å². The zero-order chi connectivity index (χ0) is 11.4. The highest BCUT2D eigenvalue weighted by molar-refractivity contribution is 9.08. The fourth-order valence-electron chi connectivity index (χ4n) is 1.53. The van der Waals surface area contributed by atoms with Gasteiger partial charge in [-0.3, -0.25) is 4.79 Å². The minimum atomic E-state index is -0.0570. The highest BCUT2D eigenvalue weighted by atomic mass is 79.9. The normalized spacial score (nSPS) is 10.3.